The van der Waals surface area contributed by atoms with E-state index in [4.69, 9.17) is 4.74 Å². The Balaban J connectivity index is 1.76. The van der Waals surface area contributed by atoms with Crippen molar-refractivity contribution >= 4 is 0 Å². The second-order valence-electron chi connectivity index (χ2n) is 8.57. The van der Waals surface area contributed by atoms with Crippen molar-refractivity contribution in [1.29, 1.82) is 0 Å². The summed E-state index contributed by atoms with van der Waals surface area (Å²) in [6.07, 6.45) is -1.33. The summed E-state index contributed by atoms with van der Waals surface area (Å²) in [6, 6.07) is 17.6. The van der Waals surface area contributed by atoms with Crippen molar-refractivity contribution in [2.75, 3.05) is 13.7 Å². The maximum Gasteiger partial charge on any atom is 0.416 e. The van der Waals surface area contributed by atoms with E-state index < -0.39 is 11.7 Å². The van der Waals surface area contributed by atoms with Crippen LogP contribution in [0, 0.1) is 5.92 Å². The first-order chi connectivity index (χ1) is 15.2. The fourth-order valence-electron chi connectivity index (χ4n) is 3.70. The molecule has 6 heteroatoms. The van der Waals surface area contributed by atoms with Crippen LogP contribution in [-0.4, -0.2) is 23.1 Å². The lowest BCUT2D eigenvalue weighted by Crippen LogP contribution is -2.26. The van der Waals surface area contributed by atoms with Gasteiger partial charge in [-0.2, -0.15) is 13.2 Å². The molecular weight excluding hydrogens is 413 g/mol. The summed E-state index contributed by atoms with van der Waals surface area (Å²) in [5, 5.41) is 0. The lowest BCUT2D eigenvalue weighted by molar-refractivity contribution is -0.137. The van der Waals surface area contributed by atoms with Gasteiger partial charge in [-0.3, -0.25) is 4.90 Å². The Morgan fingerprint density at radius 2 is 1.69 bits per heavy atom. The molecule has 0 fully saturated rings. The number of ether oxygens (including phenoxy) is 1. The number of methoxy groups -OCH3 is 1. The van der Waals surface area contributed by atoms with Gasteiger partial charge in [0.2, 0.25) is 0 Å². The highest BCUT2D eigenvalue weighted by atomic mass is 19.4. The van der Waals surface area contributed by atoms with Crippen molar-refractivity contribution in [3.05, 3.63) is 89.2 Å². The highest BCUT2D eigenvalue weighted by Gasteiger charge is 2.30. The minimum atomic E-state index is -4.33. The van der Waals surface area contributed by atoms with Crippen molar-refractivity contribution in [3.8, 4) is 5.75 Å². The van der Waals surface area contributed by atoms with E-state index in [0.717, 1.165) is 43.6 Å². The van der Waals surface area contributed by atoms with Crippen LogP contribution in [0.4, 0.5) is 13.2 Å². The molecule has 0 bridgehead atoms. The average Bonchev–Trinajstić information content (AvgIpc) is 3.18. The Bertz CT molecular complexity index is 994. The number of hydrogen-bond donors (Lipinski definition) is 0. The van der Waals surface area contributed by atoms with Gasteiger partial charge in [-0.05, 0) is 66.4 Å². The molecule has 0 saturated heterocycles. The monoisotopic (exact) mass is 444 g/mol. The van der Waals surface area contributed by atoms with Gasteiger partial charge >= 0.3 is 6.18 Å². The molecule has 0 atom stereocenters. The molecule has 3 nitrogen and oxygen atoms in total. The van der Waals surface area contributed by atoms with E-state index in [0.29, 0.717) is 18.0 Å². The number of aromatic nitrogens is 1. The molecule has 0 N–H and O–H groups in total. The van der Waals surface area contributed by atoms with Gasteiger partial charge in [0.1, 0.15) is 5.75 Å². The van der Waals surface area contributed by atoms with Crippen molar-refractivity contribution in [2.24, 2.45) is 5.92 Å². The number of nitrogens with zero attached hydrogens (tertiary/aromatic N) is 2. The fraction of sp³-hybridized carbons (Fsp3) is 0.385. The molecule has 0 radical (unpaired) electrons. The van der Waals surface area contributed by atoms with Gasteiger partial charge in [-0.1, -0.05) is 38.1 Å². The highest BCUT2D eigenvalue weighted by Crippen LogP contribution is 2.29. The second kappa shape index (κ2) is 10.7. The van der Waals surface area contributed by atoms with Crippen molar-refractivity contribution < 1.29 is 17.9 Å². The smallest absolute Gasteiger partial charge is 0.416 e. The molecule has 0 aliphatic heterocycles. The largest absolute Gasteiger partial charge is 0.497 e. The molecule has 2 aromatic carbocycles. The van der Waals surface area contributed by atoms with Gasteiger partial charge in [-0.15, -0.1) is 0 Å². The van der Waals surface area contributed by atoms with Crippen molar-refractivity contribution in [3.63, 3.8) is 0 Å². The molecule has 1 aromatic heterocycles. The molecule has 0 aliphatic rings. The highest BCUT2D eigenvalue weighted by molar-refractivity contribution is 5.29. The standard InChI is InChI=1S/C26H31F3N2O/c1-20(2)12-14-30(17-22-8-5-11-25(16-22)32-3)19-24-10-6-13-31(24)18-21-7-4-9-23(15-21)26(27,28)29/h4-11,13,15-16,20H,12,14,17-19H2,1-3H3. The van der Waals surface area contributed by atoms with E-state index in [1.807, 2.05) is 41.1 Å². The van der Waals surface area contributed by atoms with Crippen LogP contribution in [0.3, 0.4) is 0 Å². The van der Waals surface area contributed by atoms with E-state index in [1.54, 1.807) is 13.2 Å². The minimum Gasteiger partial charge on any atom is -0.497 e. The predicted octanol–water partition coefficient (Wildman–Crippen LogP) is 6.61. The molecule has 172 valence electrons. The molecule has 0 aliphatic carbocycles. The van der Waals surface area contributed by atoms with E-state index in [1.165, 1.54) is 17.7 Å². The van der Waals surface area contributed by atoms with E-state index >= 15 is 0 Å². The summed E-state index contributed by atoms with van der Waals surface area (Å²) in [4.78, 5) is 2.38. The molecule has 3 rings (SSSR count). The van der Waals surface area contributed by atoms with Crippen molar-refractivity contribution in [2.45, 2.75) is 46.1 Å². The SMILES string of the molecule is COc1cccc(CN(CCC(C)C)Cc2cccn2Cc2cccc(C(F)(F)F)c2)c1. The Morgan fingerprint density at radius 3 is 2.41 bits per heavy atom. The van der Waals surface area contributed by atoms with Crippen LogP contribution in [0.25, 0.3) is 0 Å². The van der Waals surface area contributed by atoms with Crippen LogP contribution >= 0.6 is 0 Å². The zero-order chi connectivity index (χ0) is 23.1. The molecule has 32 heavy (non-hydrogen) atoms. The molecule has 0 unspecified atom stereocenters. The summed E-state index contributed by atoms with van der Waals surface area (Å²) in [5.41, 5.74) is 2.28. The van der Waals surface area contributed by atoms with E-state index in [2.05, 4.69) is 24.8 Å². The van der Waals surface area contributed by atoms with Gasteiger partial charge in [0.15, 0.2) is 0 Å². The molecule has 0 saturated carbocycles. The number of hydrogen-bond acceptors (Lipinski definition) is 2. The van der Waals surface area contributed by atoms with Crippen LogP contribution in [0.15, 0.2) is 66.9 Å². The zero-order valence-electron chi connectivity index (χ0n) is 18.9. The fourth-order valence-corrected chi connectivity index (χ4v) is 3.70. The first-order valence-corrected chi connectivity index (χ1v) is 10.9. The minimum absolute atomic E-state index is 0.406. The molecular formula is C26H31F3N2O. The Kier molecular flexibility index (Phi) is 8.02. The summed E-state index contributed by atoms with van der Waals surface area (Å²) < 4.78 is 46.6. The number of benzene rings is 2. The third-order valence-corrected chi connectivity index (χ3v) is 5.48. The van der Waals surface area contributed by atoms with Crippen LogP contribution in [0.5, 0.6) is 5.75 Å². The van der Waals surface area contributed by atoms with Crippen molar-refractivity contribution in [1.82, 2.24) is 9.47 Å². The number of halogens is 3. The predicted molar refractivity (Wildman–Crippen MR) is 122 cm³/mol. The van der Waals surface area contributed by atoms with Crippen LogP contribution < -0.4 is 4.74 Å². The summed E-state index contributed by atoms with van der Waals surface area (Å²) >= 11 is 0. The van der Waals surface area contributed by atoms with Crippen LogP contribution in [-0.2, 0) is 25.8 Å². The Hall–Kier alpha value is -2.73. The number of alkyl halides is 3. The summed E-state index contributed by atoms with van der Waals surface area (Å²) in [6.45, 7) is 7.25. The van der Waals surface area contributed by atoms with Gasteiger partial charge in [0, 0.05) is 31.5 Å². The maximum absolute atomic E-state index is 13.1. The molecule has 0 spiro atoms. The summed E-state index contributed by atoms with van der Waals surface area (Å²) in [5.74, 6) is 1.42. The first kappa shape index (κ1) is 23.9. The van der Waals surface area contributed by atoms with Crippen LogP contribution in [0.1, 0.15) is 42.7 Å². The Morgan fingerprint density at radius 1 is 0.938 bits per heavy atom. The molecule has 1 heterocycles. The van der Waals surface area contributed by atoms with E-state index in [9.17, 15) is 13.2 Å². The first-order valence-electron chi connectivity index (χ1n) is 10.9. The van der Waals surface area contributed by atoms with Crippen LogP contribution in [0.2, 0.25) is 0 Å². The van der Waals surface area contributed by atoms with Gasteiger partial charge in [0.25, 0.3) is 0 Å². The lowest BCUT2D eigenvalue weighted by atomic mass is 10.1. The second-order valence-corrected chi connectivity index (χ2v) is 8.57. The zero-order valence-corrected chi connectivity index (χ0v) is 18.9. The third kappa shape index (κ3) is 6.89. The molecule has 3 aromatic rings. The van der Waals surface area contributed by atoms with Gasteiger partial charge < -0.3 is 9.30 Å². The van der Waals surface area contributed by atoms with E-state index in [-0.39, 0.29) is 0 Å². The topological polar surface area (TPSA) is 17.4 Å². The Labute approximate surface area is 188 Å². The average molecular weight is 445 g/mol. The van der Waals surface area contributed by atoms with Gasteiger partial charge in [-0.25, -0.2) is 0 Å². The summed E-state index contributed by atoms with van der Waals surface area (Å²) in [7, 11) is 1.66. The normalized spacial score (nSPS) is 12.0. The molecule has 0 amide bonds. The maximum atomic E-state index is 13.1. The lowest BCUT2D eigenvalue weighted by Gasteiger charge is -2.24. The third-order valence-electron chi connectivity index (χ3n) is 5.48. The number of rotatable bonds is 10. The van der Waals surface area contributed by atoms with Gasteiger partial charge in [0.05, 0.1) is 12.7 Å². The quantitative estimate of drug-likeness (QED) is 0.350.